The highest BCUT2D eigenvalue weighted by Gasteiger charge is 2.13. The van der Waals surface area contributed by atoms with Crippen LogP contribution in [0.2, 0.25) is 0 Å². The van der Waals surface area contributed by atoms with Crippen molar-refractivity contribution in [2.24, 2.45) is 5.92 Å². The van der Waals surface area contributed by atoms with E-state index >= 15 is 0 Å². The van der Waals surface area contributed by atoms with Crippen LogP contribution in [0.15, 0.2) is 78.9 Å². The summed E-state index contributed by atoms with van der Waals surface area (Å²) >= 11 is 0. The maximum atomic E-state index is 2.32. The highest BCUT2D eigenvalue weighted by molar-refractivity contribution is 5.83. The second-order valence-corrected chi connectivity index (χ2v) is 5.53. The Morgan fingerprint density at radius 3 is 2.38 bits per heavy atom. The van der Waals surface area contributed by atoms with E-state index < -0.39 is 0 Å². The van der Waals surface area contributed by atoms with E-state index in [1.165, 1.54) is 22.3 Å². The lowest BCUT2D eigenvalue weighted by molar-refractivity contribution is 0.846. The molecule has 0 heteroatoms. The van der Waals surface area contributed by atoms with Gasteiger partial charge in [0.25, 0.3) is 0 Å². The van der Waals surface area contributed by atoms with Gasteiger partial charge in [-0.15, -0.1) is 0 Å². The Bertz CT molecular complexity index is 670. The topological polar surface area (TPSA) is 0 Å². The molecule has 0 heterocycles. The summed E-state index contributed by atoms with van der Waals surface area (Å²) in [6.07, 6.45) is 12.2. The van der Waals surface area contributed by atoms with Gasteiger partial charge in [-0.2, -0.15) is 0 Å². The Labute approximate surface area is 127 Å². The Balaban J connectivity index is 2.01. The molecule has 3 rings (SSSR count). The molecule has 0 N–H and O–H groups in total. The van der Waals surface area contributed by atoms with Gasteiger partial charge in [-0.25, -0.2) is 0 Å². The molecule has 1 atom stereocenters. The maximum absolute atomic E-state index is 2.32. The molecule has 2 aromatic rings. The van der Waals surface area contributed by atoms with Crippen LogP contribution < -0.4 is 0 Å². The minimum atomic E-state index is 0.457. The third kappa shape index (κ3) is 3.41. The maximum Gasteiger partial charge on any atom is 0.00618 e. The van der Waals surface area contributed by atoms with E-state index in [-0.39, 0.29) is 0 Å². The van der Waals surface area contributed by atoms with Crippen molar-refractivity contribution in [3.63, 3.8) is 0 Å². The smallest absolute Gasteiger partial charge is 0.00618 e. The molecule has 1 aliphatic carbocycles. The average molecular weight is 272 g/mol. The summed E-state index contributed by atoms with van der Waals surface area (Å²) < 4.78 is 0. The number of benzene rings is 2. The van der Waals surface area contributed by atoms with Gasteiger partial charge in [0, 0.05) is 5.92 Å². The van der Waals surface area contributed by atoms with Gasteiger partial charge in [0.2, 0.25) is 0 Å². The van der Waals surface area contributed by atoms with E-state index in [9.17, 15) is 0 Å². The van der Waals surface area contributed by atoms with Crippen molar-refractivity contribution in [3.05, 3.63) is 95.6 Å². The van der Waals surface area contributed by atoms with Crippen molar-refractivity contribution in [2.45, 2.75) is 13.3 Å². The van der Waals surface area contributed by atoms with Gasteiger partial charge in [-0.05, 0) is 30.0 Å². The Hall–Kier alpha value is -2.34. The molecule has 21 heavy (non-hydrogen) atoms. The molecule has 0 radical (unpaired) electrons. The first kappa shape index (κ1) is 13.6. The van der Waals surface area contributed by atoms with Crippen molar-refractivity contribution in [1.82, 2.24) is 0 Å². The Morgan fingerprint density at radius 1 is 0.952 bits per heavy atom. The molecule has 104 valence electrons. The number of rotatable bonds is 3. The van der Waals surface area contributed by atoms with Crippen molar-refractivity contribution in [3.8, 4) is 0 Å². The summed E-state index contributed by atoms with van der Waals surface area (Å²) in [5.41, 5.74) is 5.26. The van der Waals surface area contributed by atoms with Crippen molar-refractivity contribution >= 4 is 11.6 Å². The third-order valence-corrected chi connectivity index (χ3v) is 3.89. The predicted molar refractivity (Wildman–Crippen MR) is 91.9 cm³/mol. The van der Waals surface area contributed by atoms with Crippen LogP contribution >= 0.6 is 0 Å². The van der Waals surface area contributed by atoms with Gasteiger partial charge in [0.15, 0.2) is 0 Å². The van der Waals surface area contributed by atoms with Gasteiger partial charge in [-0.1, -0.05) is 90.5 Å². The number of hydrogen-bond acceptors (Lipinski definition) is 0. The van der Waals surface area contributed by atoms with E-state index in [0.717, 1.165) is 6.42 Å². The molecule has 0 spiro atoms. The fraction of sp³-hybridized carbons (Fsp3) is 0.143. The summed E-state index contributed by atoms with van der Waals surface area (Å²) in [6, 6.07) is 19.4. The Morgan fingerprint density at radius 2 is 1.71 bits per heavy atom. The largest absolute Gasteiger partial charge is 0.0836 e. The molecule has 1 aliphatic rings. The third-order valence-electron chi connectivity index (χ3n) is 3.89. The lowest BCUT2D eigenvalue weighted by Gasteiger charge is -2.18. The van der Waals surface area contributed by atoms with Gasteiger partial charge in [0.1, 0.15) is 0 Å². The predicted octanol–water partition coefficient (Wildman–Crippen LogP) is 5.67. The van der Waals surface area contributed by atoms with E-state index in [1.54, 1.807) is 0 Å². The second-order valence-electron chi connectivity index (χ2n) is 5.53. The first-order chi connectivity index (χ1) is 10.3. The average Bonchev–Trinajstić information content (AvgIpc) is 2.56. The molecule has 0 aromatic heterocycles. The lowest BCUT2D eigenvalue weighted by atomic mass is 9.86. The molecule has 0 amide bonds. The molecule has 0 saturated carbocycles. The molecule has 1 unspecified atom stereocenters. The fourth-order valence-electron chi connectivity index (χ4n) is 2.69. The standard InChI is InChI=1S/C21H20/c1-17-12-14-18(15-13-17)16-21(19-8-4-2-5-9-19)20-10-6-3-7-11-20/h2-10,12-16,20H,11H2,1H3/b21-16+. The van der Waals surface area contributed by atoms with Gasteiger partial charge < -0.3 is 0 Å². The summed E-state index contributed by atoms with van der Waals surface area (Å²) in [6.45, 7) is 2.13. The number of hydrogen-bond donors (Lipinski definition) is 0. The summed E-state index contributed by atoms with van der Waals surface area (Å²) in [5.74, 6) is 0.457. The fourth-order valence-corrected chi connectivity index (χ4v) is 2.69. The van der Waals surface area contributed by atoms with Gasteiger partial charge in [0.05, 0.1) is 0 Å². The highest BCUT2D eigenvalue weighted by atomic mass is 14.2. The Kier molecular flexibility index (Phi) is 4.16. The summed E-state index contributed by atoms with van der Waals surface area (Å²) in [5, 5.41) is 0. The monoisotopic (exact) mass is 272 g/mol. The zero-order valence-electron chi connectivity index (χ0n) is 12.4. The molecule has 0 bridgehead atoms. The van der Waals surface area contributed by atoms with E-state index in [1.807, 2.05) is 0 Å². The van der Waals surface area contributed by atoms with Gasteiger partial charge in [-0.3, -0.25) is 0 Å². The summed E-state index contributed by atoms with van der Waals surface area (Å²) in [4.78, 5) is 0. The van der Waals surface area contributed by atoms with Crippen LogP contribution in [0.3, 0.4) is 0 Å². The number of aryl methyl sites for hydroxylation is 1. The van der Waals surface area contributed by atoms with Crippen molar-refractivity contribution in [1.29, 1.82) is 0 Å². The zero-order valence-corrected chi connectivity index (χ0v) is 12.4. The quantitative estimate of drug-likeness (QED) is 0.632. The molecule has 0 saturated heterocycles. The minimum absolute atomic E-state index is 0.457. The van der Waals surface area contributed by atoms with E-state index in [2.05, 4.69) is 91.9 Å². The van der Waals surface area contributed by atoms with Crippen molar-refractivity contribution in [2.75, 3.05) is 0 Å². The van der Waals surface area contributed by atoms with Crippen molar-refractivity contribution < 1.29 is 0 Å². The molecular weight excluding hydrogens is 252 g/mol. The van der Waals surface area contributed by atoms with Crippen LogP contribution in [0.5, 0.6) is 0 Å². The first-order valence-corrected chi connectivity index (χ1v) is 7.50. The van der Waals surface area contributed by atoms with Gasteiger partial charge >= 0.3 is 0 Å². The number of allylic oxidation sites excluding steroid dienone is 5. The second kappa shape index (κ2) is 6.41. The van der Waals surface area contributed by atoms with Crippen LogP contribution in [0.1, 0.15) is 23.1 Å². The van der Waals surface area contributed by atoms with E-state index in [4.69, 9.17) is 0 Å². The van der Waals surface area contributed by atoms with Crippen LogP contribution in [0.25, 0.3) is 11.6 Å². The highest BCUT2D eigenvalue weighted by Crippen LogP contribution is 2.31. The summed E-state index contributed by atoms with van der Waals surface area (Å²) in [7, 11) is 0. The molecular formula is C21H20. The molecule has 0 nitrogen and oxygen atoms in total. The lowest BCUT2D eigenvalue weighted by Crippen LogP contribution is -2.01. The minimum Gasteiger partial charge on any atom is -0.0836 e. The van der Waals surface area contributed by atoms with Crippen LogP contribution in [0, 0.1) is 12.8 Å². The van der Waals surface area contributed by atoms with E-state index in [0.29, 0.717) is 5.92 Å². The molecule has 2 aromatic carbocycles. The van der Waals surface area contributed by atoms with Crippen LogP contribution in [0.4, 0.5) is 0 Å². The van der Waals surface area contributed by atoms with Crippen LogP contribution in [-0.2, 0) is 0 Å². The first-order valence-electron chi connectivity index (χ1n) is 7.50. The molecule has 0 fully saturated rings. The SMILES string of the molecule is Cc1ccc(/C=C(\c2ccccc2)C2C=CC=CC2)cc1. The molecule has 0 aliphatic heterocycles. The zero-order chi connectivity index (χ0) is 14.5. The van der Waals surface area contributed by atoms with Crippen LogP contribution in [-0.4, -0.2) is 0 Å². The normalized spacial score (nSPS) is 18.0.